The molecule has 0 unspecified atom stereocenters. The average molecular weight is 251 g/mol. The van der Waals surface area contributed by atoms with Crippen LogP contribution in [0.5, 0.6) is 0 Å². The molecule has 0 aromatic heterocycles. The van der Waals surface area contributed by atoms with Crippen LogP contribution in [-0.4, -0.2) is 24.9 Å². The molecule has 0 rings (SSSR count). The molecule has 0 atom stereocenters. The van der Waals surface area contributed by atoms with E-state index in [2.05, 4.69) is 0 Å². The predicted molar refractivity (Wildman–Crippen MR) is 37.0 cm³/mol. The molecular formula is C4H8N4O2Pd-4. The van der Waals surface area contributed by atoms with E-state index in [9.17, 15) is 9.59 Å². The van der Waals surface area contributed by atoms with E-state index < -0.39 is 24.9 Å². The molecule has 0 aromatic carbocycles. The van der Waals surface area contributed by atoms with Crippen LogP contribution in [0.3, 0.4) is 0 Å². The number of carbonyl (C=O) groups excluding carboxylic acids is 2. The maximum Gasteiger partial charge on any atom is 0.0277 e. The first-order valence-electron chi connectivity index (χ1n) is 2.32. The fourth-order valence-corrected chi connectivity index (χ4v) is 0. The van der Waals surface area contributed by atoms with Crippen molar-refractivity contribution in [2.45, 2.75) is 0 Å². The van der Waals surface area contributed by atoms with Crippen LogP contribution in [-0.2, 0) is 30.0 Å². The average Bonchev–Trinajstić information content (AvgIpc) is 1.89. The Kier molecular flexibility index (Phi) is 18.7. The van der Waals surface area contributed by atoms with Crippen molar-refractivity contribution in [2.24, 2.45) is 0 Å². The van der Waals surface area contributed by atoms with Crippen molar-refractivity contribution in [1.82, 2.24) is 0 Å². The van der Waals surface area contributed by atoms with Gasteiger partial charge in [0.1, 0.15) is 0 Å². The number of hydrogen-bond acceptors (Lipinski definition) is 2. The van der Waals surface area contributed by atoms with E-state index in [0.717, 1.165) is 0 Å². The van der Waals surface area contributed by atoms with E-state index in [-0.39, 0.29) is 20.4 Å². The van der Waals surface area contributed by atoms with Gasteiger partial charge in [-0.2, -0.15) is 0 Å². The molecule has 0 fully saturated rings. The van der Waals surface area contributed by atoms with E-state index in [1.165, 1.54) is 0 Å². The molecule has 0 heterocycles. The zero-order valence-electron chi connectivity index (χ0n) is 5.55. The number of rotatable bonds is 2. The minimum Gasteiger partial charge on any atom is -0.673 e. The molecule has 0 aliphatic heterocycles. The summed E-state index contributed by atoms with van der Waals surface area (Å²) >= 11 is 0. The molecule has 2 amide bonds. The van der Waals surface area contributed by atoms with Crippen LogP contribution in [0.25, 0.3) is 22.9 Å². The van der Waals surface area contributed by atoms with Gasteiger partial charge in [0.25, 0.3) is 0 Å². The normalized spacial score (nSPS) is 6.73. The molecule has 0 saturated heterocycles. The predicted octanol–water partition coefficient (Wildman–Crippen LogP) is 1.23. The molecule has 0 aromatic rings. The van der Waals surface area contributed by atoms with Crippen LogP contribution in [0.15, 0.2) is 0 Å². The summed E-state index contributed by atoms with van der Waals surface area (Å²) in [6.07, 6.45) is 0. The van der Waals surface area contributed by atoms with Gasteiger partial charge < -0.3 is 32.5 Å². The second-order valence-corrected chi connectivity index (χ2v) is 1.20. The van der Waals surface area contributed by atoms with Crippen molar-refractivity contribution in [3.63, 3.8) is 0 Å². The van der Waals surface area contributed by atoms with Gasteiger partial charge in [0.15, 0.2) is 0 Å². The van der Waals surface area contributed by atoms with Gasteiger partial charge in [-0.3, -0.25) is 0 Å². The van der Waals surface area contributed by atoms with Crippen molar-refractivity contribution in [2.75, 3.05) is 13.1 Å². The largest absolute Gasteiger partial charge is 0.673 e. The van der Waals surface area contributed by atoms with Gasteiger partial charge in [0.2, 0.25) is 0 Å². The number of carbonyl (C=O) groups is 2. The van der Waals surface area contributed by atoms with Crippen LogP contribution in [0, 0.1) is 0 Å². The SMILES string of the molecule is [NH-]CC([NH-])=O.[NH-]CC([NH-])=O.[Pd]. The molecule has 11 heavy (non-hydrogen) atoms. The van der Waals surface area contributed by atoms with Gasteiger partial charge in [0.05, 0.1) is 0 Å². The smallest absolute Gasteiger partial charge is 0.0277 e. The fourth-order valence-electron chi connectivity index (χ4n) is 0. The van der Waals surface area contributed by atoms with Crippen LogP contribution in [0.4, 0.5) is 0 Å². The quantitative estimate of drug-likeness (QED) is 0.683. The van der Waals surface area contributed by atoms with Crippen LogP contribution in [0.2, 0.25) is 0 Å². The van der Waals surface area contributed by atoms with Crippen molar-refractivity contribution < 1.29 is 30.0 Å². The van der Waals surface area contributed by atoms with Gasteiger partial charge >= 0.3 is 0 Å². The van der Waals surface area contributed by atoms with Gasteiger partial charge in [-0.25, -0.2) is 0 Å². The Labute approximate surface area is 78.3 Å². The summed E-state index contributed by atoms with van der Waals surface area (Å²) in [7, 11) is 0. The third-order valence-corrected chi connectivity index (χ3v) is 0.321. The maximum absolute atomic E-state index is 9.29. The second-order valence-electron chi connectivity index (χ2n) is 1.20. The Hall–Kier alpha value is -0.478. The third-order valence-electron chi connectivity index (χ3n) is 0.321. The van der Waals surface area contributed by atoms with Crippen molar-refractivity contribution in [1.29, 1.82) is 0 Å². The molecule has 0 radical (unpaired) electrons. The monoisotopic (exact) mass is 250 g/mol. The Balaban J connectivity index is -0.000000107. The van der Waals surface area contributed by atoms with E-state index >= 15 is 0 Å². The Morgan fingerprint density at radius 2 is 1.00 bits per heavy atom. The minimum atomic E-state index is -0.829. The third kappa shape index (κ3) is 43.4. The Morgan fingerprint density at radius 1 is 0.909 bits per heavy atom. The van der Waals surface area contributed by atoms with Crippen LogP contribution < -0.4 is 0 Å². The van der Waals surface area contributed by atoms with Gasteiger partial charge in [-0.15, -0.1) is 13.1 Å². The molecule has 0 bridgehead atoms. The maximum atomic E-state index is 9.29. The molecule has 0 spiro atoms. The summed E-state index contributed by atoms with van der Waals surface area (Å²) in [6, 6.07) is 0. The molecule has 70 valence electrons. The topological polar surface area (TPSA) is 129 Å². The van der Waals surface area contributed by atoms with Crippen LogP contribution in [0.1, 0.15) is 0 Å². The molecule has 4 N–H and O–H groups in total. The van der Waals surface area contributed by atoms with Crippen molar-refractivity contribution in [3.05, 3.63) is 22.9 Å². The molecule has 7 heteroatoms. The number of nitrogens with one attached hydrogen (secondary N) is 4. The summed E-state index contributed by atoms with van der Waals surface area (Å²) in [5.41, 5.74) is 24.2. The van der Waals surface area contributed by atoms with Gasteiger partial charge in [-0.1, -0.05) is 0 Å². The van der Waals surface area contributed by atoms with Crippen molar-refractivity contribution >= 4 is 11.8 Å². The van der Waals surface area contributed by atoms with Gasteiger partial charge in [0, 0.05) is 32.2 Å². The zero-order valence-corrected chi connectivity index (χ0v) is 7.10. The number of hydrogen-bond donors (Lipinski definition) is 0. The first-order valence-corrected chi connectivity index (χ1v) is 2.32. The molecule has 0 aliphatic carbocycles. The Morgan fingerprint density at radius 3 is 1.00 bits per heavy atom. The summed E-state index contributed by atoms with van der Waals surface area (Å²) in [4.78, 5) is 18.6. The van der Waals surface area contributed by atoms with Gasteiger partial charge in [-0.05, 0) is 0 Å². The zero-order chi connectivity index (χ0) is 8.57. The standard InChI is InChI=1S/2C2H5N2O.Pd/c2*3-1-2(4)5;/h2*3H,1H2,(H2,4,5);/q2*-1;/p-2. The summed E-state index contributed by atoms with van der Waals surface area (Å²) < 4.78 is 0. The first-order chi connectivity index (χ1) is 4.54. The fraction of sp³-hybridized carbons (Fsp3) is 0.500. The molecule has 0 saturated carbocycles. The summed E-state index contributed by atoms with van der Waals surface area (Å²) in [6.45, 7) is -0.833. The van der Waals surface area contributed by atoms with E-state index in [1.807, 2.05) is 0 Å². The number of amides is 2. The molecule has 6 nitrogen and oxygen atoms in total. The molecular weight excluding hydrogens is 242 g/mol. The van der Waals surface area contributed by atoms with Crippen molar-refractivity contribution in [3.8, 4) is 0 Å². The summed E-state index contributed by atoms with van der Waals surface area (Å²) in [5.74, 6) is -1.66. The Bertz CT molecular complexity index is 105. The molecule has 0 aliphatic rings. The van der Waals surface area contributed by atoms with E-state index in [1.54, 1.807) is 0 Å². The summed E-state index contributed by atoms with van der Waals surface area (Å²) in [5, 5.41) is 0. The van der Waals surface area contributed by atoms with Crippen LogP contribution >= 0.6 is 0 Å². The van der Waals surface area contributed by atoms with E-state index in [0.29, 0.717) is 0 Å². The second kappa shape index (κ2) is 12.2. The first kappa shape index (κ1) is 16.9. The minimum absolute atomic E-state index is 0. The van der Waals surface area contributed by atoms with E-state index in [4.69, 9.17) is 22.9 Å².